The molecule has 0 atom stereocenters. The minimum absolute atomic E-state index is 0.0539. The van der Waals surface area contributed by atoms with E-state index in [1.807, 2.05) is 20.8 Å². The first-order valence-corrected chi connectivity index (χ1v) is 10.3. The molecule has 1 aliphatic rings. The number of halogens is 1. The van der Waals surface area contributed by atoms with E-state index in [-0.39, 0.29) is 23.6 Å². The third kappa shape index (κ3) is 6.41. The summed E-state index contributed by atoms with van der Waals surface area (Å²) < 4.78 is 25.3. The van der Waals surface area contributed by atoms with Gasteiger partial charge in [0.1, 0.15) is 29.0 Å². The summed E-state index contributed by atoms with van der Waals surface area (Å²) in [7, 11) is 0. The van der Waals surface area contributed by atoms with Crippen molar-refractivity contribution in [2.24, 2.45) is 0 Å². The first kappa shape index (κ1) is 22.5. The van der Waals surface area contributed by atoms with Gasteiger partial charge in [-0.3, -0.25) is 4.79 Å². The number of nitrogens with one attached hydrogen (secondary N) is 1. The van der Waals surface area contributed by atoms with Gasteiger partial charge in [-0.05, 0) is 57.5 Å². The van der Waals surface area contributed by atoms with Crippen molar-refractivity contribution < 1.29 is 23.5 Å². The molecule has 7 nitrogen and oxygen atoms in total. The zero-order chi connectivity index (χ0) is 22.6. The van der Waals surface area contributed by atoms with Gasteiger partial charge in [0.2, 0.25) is 0 Å². The molecule has 8 heteroatoms. The number of aryl methyl sites for hydroxylation is 1. The summed E-state index contributed by atoms with van der Waals surface area (Å²) in [6.07, 6.45) is 2.46. The van der Waals surface area contributed by atoms with Crippen LogP contribution in [-0.4, -0.2) is 46.7 Å². The van der Waals surface area contributed by atoms with Crippen LogP contribution in [0.4, 0.5) is 14.9 Å². The number of anilines is 1. The van der Waals surface area contributed by atoms with Gasteiger partial charge in [0.15, 0.2) is 0 Å². The predicted molar refractivity (Wildman–Crippen MR) is 115 cm³/mol. The molecule has 0 unspecified atom stereocenters. The number of ether oxygens (including phenoxy) is 2. The van der Waals surface area contributed by atoms with Crippen molar-refractivity contribution >= 4 is 17.7 Å². The predicted octanol–water partition coefficient (Wildman–Crippen LogP) is 4.56. The third-order valence-corrected chi connectivity index (χ3v) is 4.74. The van der Waals surface area contributed by atoms with Crippen LogP contribution in [0.2, 0.25) is 0 Å². The van der Waals surface area contributed by atoms with Crippen LogP contribution in [0.5, 0.6) is 5.75 Å². The van der Waals surface area contributed by atoms with E-state index in [0.29, 0.717) is 31.7 Å². The second-order valence-electron chi connectivity index (χ2n) is 8.60. The summed E-state index contributed by atoms with van der Waals surface area (Å²) in [5, 5.41) is 2.52. The number of aromatic nitrogens is 1. The number of hydrogen-bond donors (Lipinski definition) is 1. The average Bonchev–Trinajstić information content (AvgIpc) is 2.70. The highest BCUT2D eigenvalue weighted by Gasteiger charge is 2.27. The Labute approximate surface area is 181 Å². The fraction of sp³-hybridized carbons (Fsp3) is 0.435. The molecule has 2 amide bonds. The molecule has 166 valence electrons. The lowest BCUT2D eigenvalue weighted by Crippen LogP contribution is -2.44. The number of hydrogen-bond acceptors (Lipinski definition) is 5. The topological polar surface area (TPSA) is 80.8 Å². The Morgan fingerprint density at radius 2 is 1.87 bits per heavy atom. The van der Waals surface area contributed by atoms with Crippen LogP contribution in [0, 0.1) is 12.7 Å². The number of amides is 2. The van der Waals surface area contributed by atoms with Gasteiger partial charge in [-0.15, -0.1) is 0 Å². The summed E-state index contributed by atoms with van der Waals surface area (Å²) in [6.45, 7) is 8.40. The highest BCUT2D eigenvalue weighted by atomic mass is 19.1. The molecule has 2 aromatic rings. The van der Waals surface area contributed by atoms with Crippen molar-refractivity contribution in [3.8, 4) is 5.75 Å². The monoisotopic (exact) mass is 429 g/mol. The molecule has 0 aliphatic carbocycles. The maximum absolute atomic E-state index is 13.9. The SMILES string of the molecule is Cc1ccc(NC(=O)c2ccc(OC3CCN(C(=O)OC(C)(C)C)CC3)cn2)c(F)c1. The number of benzene rings is 1. The average molecular weight is 429 g/mol. The maximum atomic E-state index is 13.9. The fourth-order valence-electron chi connectivity index (χ4n) is 3.17. The van der Waals surface area contributed by atoms with Crippen LogP contribution in [0.15, 0.2) is 36.5 Å². The van der Waals surface area contributed by atoms with Crippen LogP contribution >= 0.6 is 0 Å². The van der Waals surface area contributed by atoms with Crippen LogP contribution in [0.25, 0.3) is 0 Å². The normalized spacial score (nSPS) is 14.8. The first-order chi connectivity index (χ1) is 14.6. The zero-order valence-electron chi connectivity index (χ0n) is 18.3. The van der Waals surface area contributed by atoms with Gasteiger partial charge < -0.3 is 19.7 Å². The van der Waals surface area contributed by atoms with E-state index in [1.54, 1.807) is 24.0 Å². The molecule has 0 spiro atoms. The summed E-state index contributed by atoms with van der Waals surface area (Å²) in [5.74, 6) is -0.459. The molecule has 1 fully saturated rings. The van der Waals surface area contributed by atoms with E-state index in [9.17, 15) is 14.0 Å². The van der Waals surface area contributed by atoms with E-state index in [0.717, 1.165) is 5.56 Å². The second-order valence-corrected chi connectivity index (χ2v) is 8.60. The van der Waals surface area contributed by atoms with E-state index in [4.69, 9.17) is 9.47 Å². The molecule has 1 saturated heterocycles. The van der Waals surface area contributed by atoms with Crippen molar-refractivity contribution in [3.05, 3.63) is 53.6 Å². The van der Waals surface area contributed by atoms with Gasteiger partial charge in [0.25, 0.3) is 5.91 Å². The minimum atomic E-state index is -0.518. The Bertz CT molecular complexity index is 933. The molecule has 0 saturated carbocycles. The highest BCUT2D eigenvalue weighted by molar-refractivity contribution is 6.02. The maximum Gasteiger partial charge on any atom is 0.410 e. The first-order valence-electron chi connectivity index (χ1n) is 10.3. The van der Waals surface area contributed by atoms with Gasteiger partial charge in [-0.2, -0.15) is 0 Å². The number of carbonyl (C=O) groups excluding carboxylic acids is 2. The molecule has 0 bridgehead atoms. The Kier molecular flexibility index (Phi) is 6.77. The van der Waals surface area contributed by atoms with Crippen LogP contribution < -0.4 is 10.1 Å². The van der Waals surface area contributed by atoms with E-state index < -0.39 is 17.3 Å². The summed E-state index contributed by atoms with van der Waals surface area (Å²) in [6, 6.07) is 7.79. The van der Waals surface area contributed by atoms with Gasteiger partial charge in [-0.25, -0.2) is 14.2 Å². The Hall–Kier alpha value is -3.16. The molecule has 3 rings (SSSR count). The summed E-state index contributed by atoms with van der Waals surface area (Å²) in [4.78, 5) is 30.3. The van der Waals surface area contributed by atoms with Crippen molar-refractivity contribution in [2.45, 2.75) is 52.2 Å². The van der Waals surface area contributed by atoms with Crippen molar-refractivity contribution in [1.29, 1.82) is 0 Å². The Morgan fingerprint density at radius 3 is 2.45 bits per heavy atom. The van der Waals surface area contributed by atoms with Gasteiger partial charge in [0, 0.05) is 25.9 Å². The Morgan fingerprint density at radius 1 is 1.16 bits per heavy atom. The number of nitrogens with zero attached hydrogens (tertiary/aromatic N) is 2. The lowest BCUT2D eigenvalue weighted by atomic mass is 10.1. The molecule has 31 heavy (non-hydrogen) atoms. The highest BCUT2D eigenvalue weighted by Crippen LogP contribution is 2.21. The quantitative estimate of drug-likeness (QED) is 0.771. The van der Waals surface area contributed by atoms with Crippen molar-refractivity contribution in [2.75, 3.05) is 18.4 Å². The van der Waals surface area contributed by atoms with Crippen LogP contribution in [-0.2, 0) is 4.74 Å². The number of piperidine rings is 1. The number of likely N-dealkylation sites (tertiary alicyclic amines) is 1. The summed E-state index contributed by atoms with van der Waals surface area (Å²) in [5.41, 5.74) is 0.517. The van der Waals surface area contributed by atoms with Crippen LogP contribution in [0.3, 0.4) is 0 Å². The van der Waals surface area contributed by atoms with Crippen molar-refractivity contribution in [3.63, 3.8) is 0 Å². The largest absolute Gasteiger partial charge is 0.489 e. The van der Waals surface area contributed by atoms with Gasteiger partial charge in [0.05, 0.1) is 11.9 Å². The molecule has 1 N–H and O–H groups in total. The minimum Gasteiger partial charge on any atom is -0.489 e. The van der Waals surface area contributed by atoms with E-state index in [1.165, 1.54) is 24.4 Å². The summed E-state index contributed by atoms with van der Waals surface area (Å²) >= 11 is 0. The van der Waals surface area contributed by atoms with Gasteiger partial charge >= 0.3 is 6.09 Å². The molecule has 2 heterocycles. The lowest BCUT2D eigenvalue weighted by Gasteiger charge is -2.33. The molecular weight excluding hydrogens is 401 g/mol. The zero-order valence-corrected chi connectivity index (χ0v) is 18.3. The van der Waals surface area contributed by atoms with E-state index >= 15 is 0 Å². The van der Waals surface area contributed by atoms with Crippen LogP contribution in [0.1, 0.15) is 49.7 Å². The van der Waals surface area contributed by atoms with Crippen molar-refractivity contribution in [1.82, 2.24) is 9.88 Å². The molecule has 1 aliphatic heterocycles. The van der Waals surface area contributed by atoms with E-state index in [2.05, 4.69) is 10.3 Å². The number of pyridine rings is 1. The second kappa shape index (κ2) is 9.32. The molecular formula is C23H28FN3O4. The Balaban J connectivity index is 1.51. The smallest absolute Gasteiger partial charge is 0.410 e. The molecule has 1 aromatic heterocycles. The molecule has 1 aromatic carbocycles. The standard InChI is InChI=1S/C23H28FN3O4/c1-15-5-7-19(18(24)13-15)26-21(28)20-8-6-17(14-25-20)30-16-9-11-27(12-10-16)22(29)31-23(2,3)4/h5-8,13-14,16H,9-12H2,1-4H3,(H,26,28). The molecule has 0 radical (unpaired) electrons. The lowest BCUT2D eigenvalue weighted by molar-refractivity contribution is 0.0126. The number of rotatable bonds is 4. The fourth-order valence-corrected chi connectivity index (χ4v) is 3.17. The third-order valence-electron chi connectivity index (χ3n) is 4.74. The number of carbonyl (C=O) groups is 2. The van der Waals surface area contributed by atoms with Gasteiger partial charge in [-0.1, -0.05) is 6.07 Å².